The van der Waals surface area contributed by atoms with Crippen molar-refractivity contribution in [2.75, 3.05) is 5.75 Å². The third-order valence-electron chi connectivity index (χ3n) is 2.62. The molecule has 0 aliphatic carbocycles. The van der Waals surface area contributed by atoms with Crippen molar-refractivity contribution >= 4 is 11.8 Å². The molecular formula is C10H7F2N3OS. The molecule has 4 nitrogen and oxygen atoms in total. The molecular weight excluding hydrogens is 248 g/mol. The van der Waals surface area contributed by atoms with E-state index < -0.39 is 11.6 Å². The minimum absolute atomic E-state index is 0.361. The van der Waals surface area contributed by atoms with Gasteiger partial charge in [0.2, 0.25) is 0 Å². The summed E-state index contributed by atoms with van der Waals surface area (Å²) in [4.78, 5) is 11.5. The van der Waals surface area contributed by atoms with Crippen LogP contribution in [0.25, 0.3) is 0 Å². The molecule has 0 saturated carbocycles. The molecule has 0 radical (unpaired) electrons. The number of fused-ring (bicyclic) bond motifs is 1. The molecule has 0 spiro atoms. The molecule has 1 atom stereocenters. The average molecular weight is 255 g/mol. The Hall–Kier alpha value is -1.63. The van der Waals surface area contributed by atoms with Gasteiger partial charge in [-0.15, -0.1) is 5.10 Å². The van der Waals surface area contributed by atoms with E-state index in [-0.39, 0.29) is 11.7 Å². The van der Waals surface area contributed by atoms with Gasteiger partial charge >= 0.3 is 5.69 Å². The van der Waals surface area contributed by atoms with E-state index in [9.17, 15) is 13.6 Å². The molecule has 1 aromatic heterocycles. The fraction of sp³-hybridized carbons (Fsp3) is 0.200. The molecule has 1 aromatic carbocycles. The number of aromatic amines is 1. The second-order valence-corrected chi connectivity index (χ2v) is 4.70. The predicted molar refractivity (Wildman–Crippen MR) is 58.1 cm³/mol. The molecule has 1 aliphatic rings. The molecule has 88 valence electrons. The number of hydrogen-bond acceptors (Lipinski definition) is 3. The van der Waals surface area contributed by atoms with Crippen LogP contribution in [0.4, 0.5) is 8.78 Å². The molecule has 0 bridgehead atoms. The van der Waals surface area contributed by atoms with Crippen molar-refractivity contribution in [2.24, 2.45) is 0 Å². The largest absolute Gasteiger partial charge is 0.344 e. The number of H-pyrrole nitrogens is 1. The summed E-state index contributed by atoms with van der Waals surface area (Å²) < 4.78 is 27.7. The predicted octanol–water partition coefficient (Wildman–Crippen LogP) is 1.54. The summed E-state index contributed by atoms with van der Waals surface area (Å²) in [5.74, 6) is -0.736. The van der Waals surface area contributed by atoms with Crippen molar-refractivity contribution < 1.29 is 8.78 Å². The van der Waals surface area contributed by atoms with Gasteiger partial charge in [0, 0.05) is 11.8 Å². The lowest BCUT2D eigenvalue weighted by Gasteiger charge is -2.11. The van der Waals surface area contributed by atoms with Gasteiger partial charge in [-0.25, -0.2) is 18.7 Å². The molecule has 17 heavy (non-hydrogen) atoms. The lowest BCUT2D eigenvalue weighted by atomic mass is 10.1. The zero-order valence-corrected chi connectivity index (χ0v) is 9.30. The van der Waals surface area contributed by atoms with Gasteiger partial charge in [0.05, 0.1) is 6.04 Å². The summed E-state index contributed by atoms with van der Waals surface area (Å²) in [6, 6.07) is 2.92. The van der Waals surface area contributed by atoms with E-state index in [2.05, 4.69) is 10.2 Å². The first kappa shape index (κ1) is 10.5. The zero-order valence-electron chi connectivity index (χ0n) is 8.48. The van der Waals surface area contributed by atoms with E-state index in [4.69, 9.17) is 0 Å². The van der Waals surface area contributed by atoms with Crippen LogP contribution < -0.4 is 5.69 Å². The van der Waals surface area contributed by atoms with Gasteiger partial charge in [-0.2, -0.15) is 0 Å². The van der Waals surface area contributed by atoms with Crippen molar-refractivity contribution in [1.29, 1.82) is 0 Å². The monoisotopic (exact) mass is 255 g/mol. The van der Waals surface area contributed by atoms with E-state index in [0.29, 0.717) is 16.5 Å². The zero-order chi connectivity index (χ0) is 12.0. The Morgan fingerprint density at radius 2 is 2.06 bits per heavy atom. The smallest absolute Gasteiger partial charge is 0.262 e. The lowest BCUT2D eigenvalue weighted by Crippen LogP contribution is -2.22. The maximum Gasteiger partial charge on any atom is 0.344 e. The highest BCUT2D eigenvalue weighted by atomic mass is 32.2. The Balaban J connectivity index is 2.12. The van der Waals surface area contributed by atoms with Gasteiger partial charge in [-0.1, -0.05) is 11.8 Å². The Morgan fingerprint density at radius 1 is 1.35 bits per heavy atom. The summed E-state index contributed by atoms with van der Waals surface area (Å²) in [5.41, 5.74) is 0.0805. The number of benzene rings is 1. The Kier molecular flexibility index (Phi) is 2.29. The minimum atomic E-state index is -0.644. The standard InChI is InChI=1S/C10H7F2N3OS/c11-6-1-5(2-7(12)3-6)8-4-17-10-14-13-9(16)15(8)10/h1-3,8H,4H2,(H,13,16)/t8-/m1/s1. The summed E-state index contributed by atoms with van der Waals surface area (Å²) >= 11 is 1.38. The van der Waals surface area contributed by atoms with Crippen LogP contribution in [-0.4, -0.2) is 20.5 Å². The first-order valence-electron chi connectivity index (χ1n) is 4.91. The van der Waals surface area contributed by atoms with Crippen LogP contribution in [0.15, 0.2) is 28.2 Å². The van der Waals surface area contributed by atoms with Crippen LogP contribution in [0.2, 0.25) is 0 Å². The summed E-state index contributed by atoms with van der Waals surface area (Å²) in [6.07, 6.45) is 0. The van der Waals surface area contributed by atoms with E-state index >= 15 is 0 Å². The second-order valence-electron chi connectivity index (χ2n) is 3.71. The molecule has 2 heterocycles. The van der Waals surface area contributed by atoms with Crippen LogP contribution in [0.5, 0.6) is 0 Å². The van der Waals surface area contributed by atoms with Crippen molar-refractivity contribution in [1.82, 2.24) is 14.8 Å². The molecule has 7 heteroatoms. The third-order valence-corrected chi connectivity index (χ3v) is 3.65. The van der Waals surface area contributed by atoms with Gasteiger partial charge in [-0.3, -0.25) is 4.57 Å². The summed E-state index contributed by atoms with van der Waals surface area (Å²) in [5, 5.41) is 6.68. The maximum absolute atomic E-state index is 13.1. The Labute approximate surface area is 98.7 Å². The van der Waals surface area contributed by atoms with Crippen LogP contribution in [0, 0.1) is 11.6 Å². The number of nitrogens with zero attached hydrogens (tertiary/aromatic N) is 2. The highest BCUT2D eigenvalue weighted by Gasteiger charge is 2.28. The van der Waals surface area contributed by atoms with Crippen LogP contribution >= 0.6 is 11.8 Å². The number of thioether (sulfide) groups is 1. The van der Waals surface area contributed by atoms with Crippen LogP contribution in [0.1, 0.15) is 11.6 Å². The van der Waals surface area contributed by atoms with E-state index in [1.807, 2.05) is 0 Å². The van der Waals surface area contributed by atoms with Crippen LogP contribution in [-0.2, 0) is 0 Å². The summed E-state index contributed by atoms with van der Waals surface area (Å²) in [6.45, 7) is 0. The van der Waals surface area contributed by atoms with Crippen molar-refractivity contribution in [2.45, 2.75) is 11.2 Å². The number of halogens is 2. The van der Waals surface area contributed by atoms with Gasteiger partial charge in [0.1, 0.15) is 11.6 Å². The minimum Gasteiger partial charge on any atom is -0.262 e. The van der Waals surface area contributed by atoms with Gasteiger partial charge < -0.3 is 0 Å². The Morgan fingerprint density at radius 3 is 2.76 bits per heavy atom. The normalized spacial score (nSPS) is 18.4. The maximum atomic E-state index is 13.1. The van der Waals surface area contributed by atoms with E-state index in [0.717, 1.165) is 6.07 Å². The van der Waals surface area contributed by atoms with E-state index in [1.54, 1.807) is 0 Å². The number of aromatic nitrogens is 3. The molecule has 1 N–H and O–H groups in total. The SMILES string of the molecule is O=c1[nH]nc2n1[C@@H](c1cc(F)cc(F)c1)CS2. The van der Waals surface area contributed by atoms with E-state index in [1.165, 1.54) is 28.5 Å². The first-order chi connectivity index (χ1) is 8.15. The highest BCUT2D eigenvalue weighted by molar-refractivity contribution is 7.99. The average Bonchev–Trinajstić information content (AvgIpc) is 2.80. The third kappa shape index (κ3) is 1.66. The molecule has 2 aromatic rings. The molecule has 0 fully saturated rings. The fourth-order valence-electron chi connectivity index (χ4n) is 1.91. The fourth-order valence-corrected chi connectivity index (χ4v) is 3.02. The van der Waals surface area contributed by atoms with Gasteiger partial charge in [0.25, 0.3) is 0 Å². The van der Waals surface area contributed by atoms with Crippen molar-refractivity contribution in [3.63, 3.8) is 0 Å². The quantitative estimate of drug-likeness (QED) is 0.841. The molecule has 1 aliphatic heterocycles. The summed E-state index contributed by atoms with van der Waals surface area (Å²) in [7, 11) is 0. The number of hydrogen-bond donors (Lipinski definition) is 1. The molecule has 0 amide bonds. The lowest BCUT2D eigenvalue weighted by molar-refractivity contribution is 0.556. The number of nitrogens with one attached hydrogen (secondary N) is 1. The van der Waals surface area contributed by atoms with Crippen molar-refractivity contribution in [3.8, 4) is 0 Å². The van der Waals surface area contributed by atoms with Crippen LogP contribution in [0.3, 0.4) is 0 Å². The van der Waals surface area contributed by atoms with Crippen molar-refractivity contribution in [3.05, 3.63) is 45.9 Å². The van der Waals surface area contributed by atoms with Gasteiger partial charge in [-0.05, 0) is 17.7 Å². The molecule has 0 unspecified atom stereocenters. The first-order valence-corrected chi connectivity index (χ1v) is 5.89. The number of rotatable bonds is 1. The molecule has 3 rings (SSSR count). The Bertz CT molecular complexity index is 616. The topological polar surface area (TPSA) is 50.7 Å². The highest BCUT2D eigenvalue weighted by Crippen LogP contribution is 2.34. The molecule has 0 saturated heterocycles. The second kappa shape index (κ2) is 3.69. The van der Waals surface area contributed by atoms with Gasteiger partial charge in [0.15, 0.2) is 5.16 Å².